The van der Waals surface area contributed by atoms with E-state index in [1.54, 1.807) is 6.07 Å². The number of sulfonamides is 1. The quantitative estimate of drug-likeness (QED) is 0.706. The lowest BCUT2D eigenvalue weighted by Crippen LogP contribution is -2.21. The van der Waals surface area contributed by atoms with Crippen LogP contribution in [0.15, 0.2) is 21.6 Å². The fourth-order valence-electron chi connectivity index (χ4n) is 2.33. The minimum atomic E-state index is -3.50. The van der Waals surface area contributed by atoms with Crippen molar-refractivity contribution >= 4 is 10.0 Å². The second kappa shape index (κ2) is 6.04. The van der Waals surface area contributed by atoms with Crippen molar-refractivity contribution in [1.29, 1.82) is 0 Å². The van der Waals surface area contributed by atoms with Gasteiger partial charge in [0.2, 0.25) is 5.09 Å². The highest BCUT2D eigenvalue weighted by atomic mass is 32.2. The lowest BCUT2D eigenvalue weighted by molar-refractivity contribution is 0.177. The van der Waals surface area contributed by atoms with Crippen LogP contribution in [0.2, 0.25) is 0 Å². The second-order valence-corrected chi connectivity index (χ2v) is 6.71. The predicted octanol–water partition coefficient (Wildman–Crippen LogP) is 0.438. The second-order valence-electron chi connectivity index (χ2n) is 4.89. The van der Waals surface area contributed by atoms with Gasteiger partial charge in [0.15, 0.2) is 0 Å². The molecule has 0 radical (unpaired) electrons. The molecule has 2 unspecified atom stereocenters. The number of hydrogen-bond donors (Lipinski definition) is 3. The van der Waals surface area contributed by atoms with E-state index in [0.717, 1.165) is 25.8 Å². The van der Waals surface area contributed by atoms with Crippen LogP contribution >= 0.6 is 0 Å². The van der Waals surface area contributed by atoms with E-state index < -0.39 is 10.0 Å². The highest BCUT2D eigenvalue weighted by Gasteiger charge is 2.22. The number of nitrogens with one attached hydrogen (secondary N) is 2. The zero-order valence-electron chi connectivity index (χ0n) is 10.9. The summed E-state index contributed by atoms with van der Waals surface area (Å²) in [6, 6.07) is 3.10. The number of furan rings is 1. The topological polar surface area (TPSA) is 91.6 Å². The molecule has 1 aliphatic rings. The van der Waals surface area contributed by atoms with E-state index in [1.165, 1.54) is 13.1 Å². The first-order valence-corrected chi connectivity index (χ1v) is 7.90. The summed E-state index contributed by atoms with van der Waals surface area (Å²) >= 11 is 0. The van der Waals surface area contributed by atoms with Crippen LogP contribution in [0.3, 0.4) is 0 Å². The summed E-state index contributed by atoms with van der Waals surface area (Å²) in [7, 11) is -2.15. The van der Waals surface area contributed by atoms with Crippen molar-refractivity contribution in [2.75, 3.05) is 13.6 Å². The standard InChI is InChI=1S/C12H20N2O4S/c1-13-19(16,17)12-5-4-11(18-12)8-14-7-9-2-3-10(15)6-9/h4-5,9-10,13-15H,2-3,6-8H2,1H3. The molecular weight excluding hydrogens is 268 g/mol. The molecule has 1 saturated carbocycles. The van der Waals surface area contributed by atoms with E-state index in [9.17, 15) is 13.5 Å². The van der Waals surface area contributed by atoms with Crippen LogP contribution in [0.5, 0.6) is 0 Å². The SMILES string of the molecule is CNS(=O)(=O)c1ccc(CNCC2CCC(O)C2)o1. The Balaban J connectivity index is 1.81. The number of aliphatic hydroxyl groups excluding tert-OH is 1. The third-order valence-corrected chi connectivity index (χ3v) is 4.70. The Morgan fingerprint density at radius 1 is 1.42 bits per heavy atom. The molecule has 1 fully saturated rings. The van der Waals surface area contributed by atoms with Gasteiger partial charge in [0.1, 0.15) is 5.76 Å². The lowest BCUT2D eigenvalue weighted by Gasteiger charge is -2.09. The van der Waals surface area contributed by atoms with E-state index in [1.807, 2.05) is 0 Å². The first-order valence-electron chi connectivity index (χ1n) is 6.42. The summed E-state index contributed by atoms with van der Waals surface area (Å²) in [6.45, 7) is 1.30. The first kappa shape index (κ1) is 14.5. The predicted molar refractivity (Wildman–Crippen MR) is 70.0 cm³/mol. The highest BCUT2D eigenvalue weighted by molar-refractivity contribution is 7.89. The lowest BCUT2D eigenvalue weighted by atomic mass is 10.1. The molecule has 0 aromatic carbocycles. The molecule has 2 rings (SSSR count). The first-order chi connectivity index (χ1) is 9.01. The van der Waals surface area contributed by atoms with Crippen molar-refractivity contribution in [3.8, 4) is 0 Å². The van der Waals surface area contributed by atoms with Gasteiger partial charge in [-0.1, -0.05) is 0 Å². The van der Waals surface area contributed by atoms with Crippen molar-refractivity contribution in [2.45, 2.75) is 37.0 Å². The van der Waals surface area contributed by atoms with Crippen molar-refractivity contribution in [3.05, 3.63) is 17.9 Å². The number of hydrogen-bond acceptors (Lipinski definition) is 5. The van der Waals surface area contributed by atoms with E-state index >= 15 is 0 Å². The maximum Gasteiger partial charge on any atom is 0.273 e. The molecule has 1 aliphatic carbocycles. The van der Waals surface area contributed by atoms with Gasteiger partial charge in [-0.05, 0) is 50.9 Å². The molecule has 0 saturated heterocycles. The Labute approximate surface area is 113 Å². The van der Waals surface area contributed by atoms with Gasteiger partial charge in [-0.3, -0.25) is 0 Å². The van der Waals surface area contributed by atoms with Gasteiger partial charge in [0.05, 0.1) is 12.6 Å². The fraction of sp³-hybridized carbons (Fsp3) is 0.667. The summed E-state index contributed by atoms with van der Waals surface area (Å²) in [5.41, 5.74) is 0. The molecule has 1 aromatic rings. The van der Waals surface area contributed by atoms with E-state index in [4.69, 9.17) is 4.42 Å². The summed E-state index contributed by atoms with van der Waals surface area (Å²) < 4.78 is 30.4. The molecule has 7 heteroatoms. The monoisotopic (exact) mass is 288 g/mol. The van der Waals surface area contributed by atoms with Crippen molar-refractivity contribution in [2.24, 2.45) is 5.92 Å². The number of rotatable bonds is 6. The van der Waals surface area contributed by atoms with E-state index in [2.05, 4.69) is 10.0 Å². The van der Waals surface area contributed by atoms with Crippen LogP contribution in [-0.2, 0) is 16.6 Å². The summed E-state index contributed by atoms with van der Waals surface area (Å²) in [5.74, 6) is 1.08. The average molecular weight is 288 g/mol. The van der Waals surface area contributed by atoms with Crippen molar-refractivity contribution in [1.82, 2.24) is 10.0 Å². The van der Waals surface area contributed by atoms with Crippen LogP contribution in [0.25, 0.3) is 0 Å². The Hall–Kier alpha value is -0.890. The largest absolute Gasteiger partial charge is 0.447 e. The molecule has 0 aliphatic heterocycles. The molecule has 1 aromatic heterocycles. The molecule has 3 N–H and O–H groups in total. The zero-order chi connectivity index (χ0) is 13.9. The van der Waals surface area contributed by atoms with Crippen molar-refractivity contribution < 1.29 is 17.9 Å². The molecule has 108 valence electrons. The fourth-order valence-corrected chi connectivity index (χ4v) is 3.00. The zero-order valence-corrected chi connectivity index (χ0v) is 11.7. The third-order valence-electron chi connectivity index (χ3n) is 3.42. The maximum absolute atomic E-state index is 11.5. The average Bonchev–Trinajstić information content (AvgIpc) is 2.99. The Bertz CT molecular complexity index is 512. The van der Waals surface area contributed by atoms with Crippen molar-refractivity contribution in [3.63, 3.8) is 0 Å². The summed E-state index contributed by atoms with van der Waals surface area (Å²) in [5, 5.41) is 12.6. The molecule has 19 heavy (non-hydrogen) atoms. The molecule has 0 spiro atoms. The highest BCUT2D eigenvalue weighted by Crippen LogP contribution is 2.24. The Morgan fingerprint density at radius 3 is 2.84 bits per heavy atom. The van der Waals surface area contributed by atoms with Crippen LogP contribution < -0.4 is 10.0 Å². The molecule has 0 bridgehead atoms. The molecule has 6 nitrogen and oxygen atoms in total. The molecular formula is C12H20N2O4S. The van der Waals surface area contributed by atoms with E-state index in [0.29, 0.717) is 18.2 Å². The summed E-state index contributed by atoms with van der Waals surface area (Å²) in [6.07, 6.45) is 2.58. The molecule has 2 atom stereocenters. The minimum Gasteiger partial charge on any atom is -0.447 e. The van der Waals surface area contributed by atoms with Crippen LogP contribution in [0.1, 0.15) is 25.0 Å². The normalized spacial score (nSPS) is 23.9. The van der Waals surface area contributed by atoms with Gasteiger partial charge in [-0.2, -0.15) is 0 Å². The van der Waals surface area contributed by atoms with Crippen LogP contribution in [0, 0.1) is 5.92 Å². The van der Waals surface area contributed by atoms with Gasteiger partial charge in [-0.15, -0.1) is 0 Å². The minimum absolute atomic E-state index is 0.0666. The van der Waals surface area contributed by atoms with Crippen LogP contribution in [0.4, 0.5) is 0 Å². The van der Waals surface area contributed by atoms with E-state index in [-0.39, 0.29) is 11.2 Å². The van der Waals surface area contributed by atoms with Gasteiger partial charge in [0.25, 0.3) is 10.0 Å². The molecule has 1 heterocycles. The maximum atomic E-state index is 11.5. The van der Waals surface area contributed by atoms with Gasteiger partial charge in [0, 0.05) is 0 Å². The number of aliphatic hydroxyl groups is 1. The summed E-state index contributed by atoms with van der Waals surface area (Å²) in [4.78, 5) is 0. The Kier molecular flexibility index (Phi) is 4.62. The van der Waals surface area contributed by atoms with Crippen LogP contribution in [-0.4, -0.2) is 33.2 Å². The van der Waals surface area contributed by atoms with Gasteiger partial charge in [-0.25, -0.2) is 13.1 Å². The molecule has 0 amide bonds. The Morgan fingerprint density at radius 2 is 2.21 bits per heavy atom. The van der Waals surface area contributed by atoms with Gasteiger partial charge >= 0.3 is 0 Å². The van der Waals surface area contributed by atoms with Gasteiger partial charge < -0.3 is 14.8 Å². The smallest absolute Gasteiger partial charge is 0.273 e. The third kappa shape index (κ3) is 3.79.